The zero-order chi connectivity index (χ0) is 17.1. The van der Waals surface area contributed by atoms with Crippen molar-refractivity contribution in [1.82, 2.24) is 0 Å². The number of ether oxygens (including phenoxy) is 4. The molecule has 0 saturated heterocycles. The Morgan fingerprint density at radius 3 is 2.35 bits per heavy atom. The van der Waals surface area contributed by atoms with E-state index in [0.29, 0.717) is 13.2 Å². The third kappa shape index (κ3) is 6.95. The second-order valence-corrected chi connectivity index (χ2v) is 5.20. The van der Waals surface area contributed by atoms with Crippen LogP contribution in [0.15, 0.2) is 42.5 Å². The molecule has 0 heterocycles. The van der Waals surface area contributed by atoms with Crippen LogP contribution in [-0.2, 0) is 30.3 Å². The number of rotatable bonds is 10. The van der Waals surface area contributed by atoms with Crippen LogP contribution in [0.3, 0.4) is 0 Å². The van der Waals surface area contributed by atoms with Crippen molar-refractivity contribution in [2.45, 2.75) is 25.7 Å². The number of hydrogen-bond acceptors (Lipinski definition) is 5. The van der Waals surface area contributed by atoms with Crippen LogP contribution >= 0.6 is 0 Å². The Kier molecular flexibility index (Phi) is 9.21. The van der Waals surface area contributed by atoms with Crippen LogP contribution in [0.4, 0.5) is 0 Å². The van der Waals surface area contributed by atoms with Gasteiger partial charge < -0.3 is 18.9 Å². The Labute approximate surface area is 138 Å². The molecule has 0 aliphatic carbocycles. The third-order valence-corrected chi connectivity index (χ3v) is 3.56. The molecule has 0 amide bonds. The third-order valence-electron chi connectivity index (χ3n) is 3.56. The lowest BCUT2D eigenvalue weighted by Crippen LogP contribution is -2.26. The number of benzene rings is 1. The maximum absolute atomic E-state index is 11.5. The lowest BCUT2D eigenvalue weighted by atomic mass is 10.0. The number of hydrogen-bond donors (Lipinski definition) is 0. The Morgan fingerprint density at radius 1 is 1.09 bits per heavy atom. The van der Waals surface area contributed by atoms with Crippen LogP contribution in [0.2, 0.25) is 0 Å². The molecule has 1 rings (SSSR count). The van der Waals surface area contributed by atoms with Gasteiger partial charge in [-0.2, -0.15) is 0 Å². The summed E-state index contributed by atoms with van der Waals surface area (Å²) in [5.74, 6) is -0.358. The van der Waals surface area contributed by atoms with Gasteiger partial charge in [-0.15, -0.1) is 0 Å². The van der Waals surface area contributed by atoms with Gasteiger partial charge in [0.15, 0.2) is 6.10 Å². The lowest BCUT2D eigenvalue weighted by molar-refractivity contribution is -0.149. The van der Waals surface area contributed by atoms with E-state index in [1.54, 1.807) is 13.2 Å². The molecule has 0 bridgehead atoms. The number of methoxy groups -OCH3 is 3. The van der Waals surface area contributed by atoms with Crippen molar-refractivity contribution in [1.29, 1.82) is 0 Å². The van der Waals surface area contributed by atoms with E-state index in [2.05, 4.69) is 4.74 Å². The molecule has 0 spiro atoms. The first-order valence-corrected chi connectivity index (χ1v) is 7.55. The summed E-state index contributed by atoms with van der Waals surface area (Å²) in [4.78, 5) is 11.5. The molecule has 5 nitrogen and oxygen atoms in total. The van der Waals surface area contributed by atoms with E-state index in [1.807, 2.05) is 43.3 Å². The van der Waals surface area contributed by atoms with E-state index in [1.165, 1.54) is 14.2 Å². The molecule has 0 aliphatic heterocycles. The van der Waals surface area contributed by atoms with Crippen molar-refractivity contribution < 1.29 is 23.7 Å². The van der Waals surface area contributed by atoms with E-state index in [9.17, 15) is 4.79 Å². The fourth-order valence-corrected chi connectivity index (χ4v) is 2.07. The molecular formula is C18H26O5. The second-order valence-electron chi connectivity index (χ2n) is 5.20. The Hall–Kier alpha value is -1.69. The average molecular weight is 322 g/mol. The maximum atomic E-state index is 11.5. The van der Waals surface area contributed by atoms with Gasteiger partial charge in [-0.3, -0.25) is 0 Å². The average Bonchev–Trinajstić information content (AvgIpc) is 2.59. The largest absolute Gasteiger partial charge is 0.467 e. The first-order valence-electron chi connectivity index (χ1n) is 7.55. The molecule has 3 atom stereocenters. The standard InChI is InChI=1S/C18H26O5/c1-14(10-11-16(20-2)18(19)22-4)17(21-3)13-23-12-15-8-6-5-7-9-15/h5-11,14,16-17H,12-13H2,1-4H3/b11-10+/t14-,16-,17-/m1/s1. The molecule has 128 valence electrons. The molecule has 0 aromatic heterocycles. The van der Waals surface area contributed by atoms with Gasteiger partial charge in [0.1, 0.15) is 0 Å². The van der Waals surface area contributed by atoms with Gasteiger partial charge in [-0.1, -0.05) is 43.3 Å². The zero-order valence-electron chi connectivity index (χ0n) is 14.2. The summed E-state index contributed by atoms with van der Waals surface area (Å²) in [6.07, 6.45) is 2.75. The van der Waals surface area contributed by atoms with Crippen LogP contribution in [0, 0.1) is 5.92 Å². The summed E-state index contributed by atoms with van der Waals surface area (Å²) in [7, 11) is 4.45. The van der Waals surface area contributed by atoms with E-state index in [0.717, 1.165) is 5.56 Å². The molecule has 1 aromatic carbocycles. The monoisotopic (exact) mass is 322 g/mol. The van der Waals surface area contributed by atoms with E-state index < -0.39 is 12.1 Å². The second kappa shape index (κ2) is 10.9. The molecule has 5 heteroatoms. The first kappa shape index (κ1) is 19.4. The SMILES string of the molecule is COC(=O)[C@@H](/C=C/[C@@H](C)[C@@H](COCc1ccccc1)OC)OC. The first-order chi connectivity index (χ1) is 11.1. The zero-order valence-corrected chi connectivity index (χ0v) is 14.2. The van der Waals surface area contributed by atoms with Crippen LogP contribution < -0.4 is 0 Å². The minimum absolute atomic E-state index is 0.0677. The highest BCUT2D eigenvalue weighted by Gasteiger charge is 2.18. The van der Waals surface area contributed by atoms with E-state index >= 15 is 0 Å². The Morgan fingerprint density at radius 2 is 1.78 bits per heavy atom. The molecule has 1 aromatic rings. The van der Waals surface area contributed by atoms with Crippen LogP contribution in [0.25, 0.3) is 0 Å². The van der Waals surface area contributed by atoms with Gasteiger partial charge in [-0.25, -0.2) is 4.79 Å². The molecule has 0 radical (unpaired) electrons. The molecule has 0 saturated carbocycles. The molecule has 0 aliphatic rings. The molecule has 0 N–H and O–H groups in total. The van der Waals surface area contributed by atoms with E-state index in [-0.39, 0.29) is 12.0 Å². The molecule has 23 heavy (non-hydrogen) atoms. The highest BCUT2D eigenvalue weighted by molar-refractivity contribution is 5.76. The highest BCUT2D eigenvalue weighted by atomic mass is 16.6. The van der Waals surface area contributed by atoms with Gasteiger partial charge in [0.25, 0.3) is 0 Å². The molecule has 0 fully saturated rings. The minimum Gasteiger partial charge on any atom is -0.467 e. The van der Waals surface area contributed by atoms with Gasteiger partial charge in [-0.05, 0) is 11.6 Å². The lowest BCUT2D eigenvalue weighted by Gasteiger charge is -2.20. The summed E-state index contributed by atoms with van der Waals surface area (Å²) >= 11 is 0. The van der Waals surface area contributed by atoms with Gasteiger partial charge in [0.2, 0.25) is 0 Å². The Bertz CT molecular complexity index is 472. The maximum Gasteiger partial charge on any atom is 0.339 e. The number of carbonyl (C=O) groups excluding carboxylic acids is 1. The van der Waals surface area contributed by atoms with Crippen molar-refractivity contribution in [3.05, 3.63) is 48.0 Å². The normalized spacial score (nSPS) is 15.3. The number of esters is 1. The Balaban J connectivity index is 2.47. The van der Waals surface area contributed by atoms with Gasteiger partial charge in [0, 0.05) is 20.1 Å². The quantitative estimate of drug-likeness (QED) is 0.489. The fourth-order valence-electron chi connectivity index (χ4n) is 2.07. The van der Waals surface area contributed by atoms with Crippen molar-refractivity contribution >= 4 is 5.97 Å². The van der Waals surface area contributed by atoms with Crippen molar-refractivity contribution in [2.75, 3.05) is 27.9 Å². The predicted molar refractivity (Wildman–Crippen MR) is 88.0 cm³/mol. The smallest absolute Gasteiger partial charge is 0.339 e. The van der Waals surface area contributed by atoms with Crippen LogP contribution in [0.1, 0.15) is 12.5 Å². The van der Waals surface area contributed by atoms with Crippen LogP contribution in [-0.4, -0.2) is 46.1 Å². The summed E-state index contributed by atoms with van der Waals surface area (Å²) < 4.78 is 20.9. The van der Waals surface area contributed by atoms with Gasteiger partial charge >= 0.3 is 5.97 Å². The highest BCUT2D eigenvalue weighted by Crippen LogP contribution is 2.12. The molecule has 0 unspecified atom stereocenters. The van der Waals surface area contributed by atoms with Crippen LogP contribution in [0.5, 0.6) is 0 Å². The summed E-state index contributed by atoms with van der Waals surface area (Å²) in [6, 6.07) is 9.97. The van der Waals surface area contributed by atoms with E-state index in [4.69, 9.17) is 14.2 Å². The topological polar surface area (TPSA) is 54.0 Å². The predicted octanol–water partition coefficient (Wildman–Crippen LogP) is 2.60. The molecular weight excluding hydrogens is 296 g/mol. The summed E-state index contributed by atoms with van der Waals surface area (Å²) in [5.41, 5.74) is 1.12. The van der Waals surface area contributed by atoms with Crippen molar-refractivity contribution in [2.24, 2.45) is 5.92 Å². The number of carbonyl (C=O) groups is 1. The van der Waals surface area contributed by atoms with Gasteiger partial charge in [0.05, 0.1) is 26.4 Å². The summed E-state index contributed by atoms with van der Waals surface area (Å²) in [5, 5.41) is 0. The van der Waals surface area contributed by atoms with Crippen molar-refractivity contribution in [3.63, 3.8) is 0 Å². The minimum atomic E-state index is -0.704. The van der Waals surface area contributed by atoms with Crippen molar-refractivity contribution in [3.8, 4) is 0 Å². The fraction of sp³-hybridized carbons (Fsp3) is 0.500. The summed E-state index contributed by atoms with van der Waals surface area (Å²) in [6.45, 7) is 3.01.